The fraction of sp³-hybridized carbons (Fsp3) is 0.383. The van der Waals surface area contributed by atoms with E-state index in [0.29, 0.717) is 44.3 Å². The molecule has 708 valence electrons. The van der Waals surface area contributed by atoms with Gasteiger partial charge >= 0.3 is 7.60 Å². The van der Waals surface area contributed by atoms with Crippen LogP contribution < -0.4 is 60.3 Å². The van der Waals surface area contributed by atoms with E-state index in [1.807, 2.05) is 191 Å². The highest BCUT2D eigenvalue weighted by Gasteiger charge is 2.30. The lowest BCUT2D eigenvalue weighted by Gasteiger charge is -2.33. The number of rotatable bonds is 37. The summed E-state index contributed by atoms with van der Waals surface area (Å²) in [4.78, 5) is 36.2. The Morgan fingerprint density at radius 3 is 1.26 bits per heavy atom. The van der Waals surface area contributed by atoms with Crippen LogP contribution in [0.15, 0.2) is 238 Å². The van der Waals surface area contributed by atoms with Gasteiger partial charge in [-0.25, -0.2) is 0 Å². The van der Waals surface area contributed by atoms with Crippen molar-refractivity contribution >= 4 is 119 Å². The maximum atomic E-state index is 12.7. The third kappa shape index (κ3) is 29.8. The number of benzene rings is 7. The van der Waals surface area contributed by atoms with Crippen LogP contribution in [-0.4, -0.2) is 176 Å². The number of hydrogen-bond acceptors (Lipinski definition) is 25. The Morgan fingerprint density at radius 1 is 0.470 bits per heavy atom. The van der Waals surface area contributed by atoms with E-state index >= 15 is 0 Å². The van der Waals surface area contributed by atoms with E-state index in [1.165, 1.54) is 12.0 Å². The highest BCUT2D eigenvalue weighted by atomic mass is 35.5. The average Bonchev–Trinajstić information content (AvgIpc) is 1.59. The lowest BCUT2D eigenvalue weighted by atomic mass is 9.78. The number of nitrogens with zero attached hydrogens (tertiary/aromatic N) is 10. The summed E-state index contributed by atoms with van der Waals surface area (Å²) in [6.07, 6.45) is 23.3. The number of halogens is 1. The smallest absolute Gasteiger partial charge is 0.332 e. The van der Waals surface area contributed by atoms with Gasteiger partial charge in [0.05, 0.1) is 153 Å². The van der Waals surface area contributed by atoms with Gasteiger partial charge in [0.2, 0.25) is 0 Å². The van der Waals surface area contributed by atoms with Gasteiger partial charge in [-0.3, -0.25) is 44.4 Å². The summed E-state index contributed by atoms with van der Waals surface area (Å²) in [5.74, 6) is 4.95. The molecule has 1 saturated carbocycles. The molecule has 6 N–H and O–H groups in total. The molecule has 4 unspecified atom stereocenters. The van der Waals surface area contributed by atoms with Crippen LogP contribution in [0, 0.1) is 16.7 Å². The first-order valence-corrected chi connectivity index (χ1v) is 48.9. The van der Waals surface area contributed by atoms with Crippen LogP contribution in [-0.2, 0) is 26.7 Å². The van der Waals surface area contributed by atoms with E-state index in [1.54, 1.807) is 61.2 Å². The fourth-order valence-electron chi connectivity index (χ4n) is 16.7. The van der Waals surface area contributed by atoms with Gasteiger partial charge in [-0.1, -0.05) is 100 Å². The molecule has 7 aromatic heterocycles. The number of nitriles is 1. The number of ether oxygens (including phenoxy) is 6. The van der Waals surface area contributed by atoms with E-state index in [9.17, 15) is 4.57 Å². The lowest BCUT2D eigenvalue weighted by molar-refractivity contribution is 0.211. The van der Waals surface area contributed by atoms with E-state index < -0.39 is 7.60 Å². The van der Waals surface area contributed by atoms with Crippen molar-refractivity contribution < 1.29 is 42.0 Å². The quantitative estimate of drug-likeness (QED) is 0.0156. The first kappa shape index (κ1) is 102. The monoisotopic (exact) mass is 1850 g/mol. The first-order valence-electron chi connectivity index (χ1n) is 46.7. The highest BCUT2D eigenvalue weighted by molar-refractivity contribution is 7.53. The molecule has 1 saturated heterocycles. The molecular weight excluding hydrogens is 1720 g/mol. The van der Waals surface area contributed by atoms with Crippen LogP contribution in [0.1, 0.15) is 131 Å². The normalized spacial score (nSPS) is 14.2. The Hall–Kier alpha value is -12.4. The number of nitrogens with one attached hydrogen (secondary N) is 6. The summed E-state index contributed by atoms with van der Waals surface area (Å²) < 4.78 is 55.7. The van der Waals surface area contributed by atoms with Gasteiger partial charge in [0.15, 0.2) is 0 Å². The number of alkyl halides is 1. The zero-order chi connectivity index (χ0) is 95.0. The number of hydrogen-bond donors (Lipinski definition) is 6. The third-order valence-corrected chi connectivity index (χ3v) is 27.1. The molecule has 0 radical (unpaired) electrons. The van der Waals surface area contributed by atoms with Crippen LogP contribution in [0.4, 0.5) is 34.1 Å². The molecule has 2 aliphatic rings. The van der Waals surface area contributed by atoms with Gasteiger partial charge in [-0.15, -0.1) is 11.6 Å². The first-order chi connectivity index (χ1) is 65.3. The fourth-order valence-corrected chi connectivity index (χ4v) is 18.8. The summed E-state index contributed by atoms with van der Waals surface area (Å²) >= 11 is 6.34. The van der Waals surface area contributed by atoms with E-state index in [0.717, 1.165) is 237 Å². The number of methoxy groups -OCH3 is 6. The number of likely N-dealkylation sites (tertiary alicyclic amines) is 1. The lowest BCUT2D eigenvalue weighted by Crippen LogP contribution is -2.38. The molecule has 14 aromatic rings. The molecule has 2 fully saturated rings. The maximum Gasteiger partial charge on any atom is 0.332 e. The van der Waals surface area contributed by atoms with E-state index in [4.69, 9.17) is 54.3 Å². The molecule has 134 heavy (non-hydrogen) atoms. The minimum absolute atomic E-state index is 0.119. The van der Waals surface area contributed by atoms with Crippen molar-refractivity contribution in [3.05, 3.63) is 249 Å². The molecule has 0 spiro atoms. The van der Waals surface area contributed by atoms with Gasteiger partial charge in [0, 0.05) is 175 Å². The molecule has 16 rings (SSSR count). The zero-order valence-electron chi connectivity index (χ0n) is 80.2. The Morgan fingerprint density at radius 2 is 0.866 bits per heavy atom. The Kier molecular flexibility index (Phi) is 40.3. The number of anilines is 6. The molecule has 27 heteroatoms. The number of fused-ring (bicyclic) bond motifs is 6. The van der Waals surface area contributed by atoms with Crippen molar-refractivity contribution in [1.82, 2.24) is 44.7 Å². The van der Waals surface area contributed by atoms with Crippen LogP contribution in [0.25, 0.3) is 65.4 Å². The van der Waals surface area contributed by atoms with Crippen molar-refractivity contribution in [2.75, 3.05) is 133 Å². The van der Waals surface area contributed by atoms with Gasteiger partial charge in [0.25, 0.3) is 0 Å². The molecule has 8 heterocycles. The van der Waals surface area contributed by atoms with Crippen molar-refractivity contribution in [2.24, 2.45) is 5.41 Å². The predicted octanol–water partition coefficient (Wildman–Crippen LogP) is 24.2. The van der Waals surface area contributed by atoms with Gasteiger partial charge in [-0.05, 0) is 194 Å². The van der Waals surface area contributed by atoms with Crippen molar-refractivity contribution in [3.8, 4) is 40.6 Å². The van der Waals surface area contributed by atoms with Crippen LogP contribution in [0.5, 0.6) is 34.5 Å². The number of aromatic nitrogens is 7. The van der Waals surface area contributed by atoms with Gasteiger partial charge in [0.1, 0.15) is 34.5 Å². The predicted molar refractivity (Wildman–Crippen MR) is 551 cm³/mol. The summed E-state index contributed by atoms with van der Waals surface area (Å²) in [6.45, 7) is 25.4. The minimum Gasteiger partial charge on any atom is -0.497 e. The largest absolute Gasteiger partial charge is 0.497 e. The molecule has 25 nitrogen and oxygen atoms in total. The zero-order valence-corrected chi connectivity index (χ0v) is 81.9. The minimum atomic E-state index is -3.11. The van der Waals surface area contributed by atoms with Crippen LogP contribution in [0.3, 0.4) is 0 Å². The SMILES string of the molecule is CCC(CC)(CCC#N)CNc1cc(OC)cc2cccnc12.CCN(CC)CCC(C)Nc1cc(OC)cc2cccnc12.CCOP(=O)(CC(C)Nc1cc(OC)cc2cccnc12)OCC.COc1cc(NC2CCCC2Cl)c2ncccc2c1.COc1cc(NC2CCN(Cc3ccccc3)CC2)c2ncccc2c1.COc1cc(NCc2ccccn2)c2ncccc2c1. The summed E-state index contributed by atoms with van der Waals surface area (Å²) in [7, 11) is 6.96. The van der Waals surface area contributed by atoms with Crippen molar-refractivity contribution in [2.45, 2.75) is 162 Å². The summed E-state index contributed by atoms with van der Waals surface area (Å²) in [5.41, 5.74) is 14.1. The standard InChI is InChI=1S/C22H25N3O.C19H25N3O.C18H27N3O.C17H25N2O4P.C16H15N3O.C15H17ClN2O/c1-26-20-14-18-8-5-11-23-22(18)21(15-20)24-19-9-12-25(13-10-19)16-17-6-3-2-4-7-17;1-4-19(5-2,9-7-10-20)14-22-17-13-16(23-3)12-15-8-6-11-21-18(15)17;1-5-21(6-2)11-9-14(3)20-17-13-16(22-4)12-15-8-7-10-19-18(15)17;1-5-22-24(20,23-6-2)12-13(3)19-16-11-15(21-4)10-14-8-7-9-18-17(14)16;1-20-14-9-12-5-4-8-18-16(12)15(10-14)19-11-13-6-2-3-7-17-13;1-19-11-8-10-4-3-7-17-15(10)14(9-11)18-13-6-2-5-12(13)16/h2-8,11,14-15,19,24H,9-10,12-13,16H2,1H3;6,8,11-13,22H,4-5,7,9,14H2,1-3H3;7-8,10,12-14,20H,5-6,9,11H2,1-4H3;7-11,13,19H,5-6,12H2,1-4H3;2-10,19H,11H2,1H3;3-4,7-9,12-13,18H,2,5-6H2,1H3. The second kappa shape index (κ2) is 52.9. The van der Waals surface area contributed by atoms with E-state index in [-0.39, 0.29) is 23.0 Å². The van der Waals surface area contributed by atoms with Gasteiger partial charge in [-0.2, -0.15) is 5.26 Å². The molecule has 0 amide bonds. The van der Waals surface area contributed by atoms with Gasteiger partial charge < -0.3 is 74.3 Å². The average molecular weight is 1850 g/mol. The van der Waals surface area contributed by atoms with Crippen LogP contribution >= 0.6 is 19.2 Å². The van der Waals surface area contributed by atoms with Crippen molar-refractivity contribution in [1.29, 1.82) is 5.26 Å². The second-order valence-corrected chi connectivity index (χ2v) is 36.0. The maximum absolute atomic E-state index is 12.7. The highest BCUT2D eigenvalue weighted by Crippen LogP contribution is 2.49. The third-order valence-electron chi connectivity index (χ3n) is 24.3. The van der Waals surface area contributed by atoms with Crippen LogP contribution in [0.2, 0.25) is 0 Å². The number of piperidine rings is 1. The molecule has 1 aliphatic carbocycles. The molecule has 0 bridgehead atoms. The Bertz CT molecular complexity index is 6040. The Balaban J connectivity index is 0.000000155. The number of pyridine rings is 7. The summed E-state index contributed by atoms with van der Waals surface area (Å²) in [6, 6.07) is 67.7. The van der Waals surface area contributed by atoms with E-state index in [2.05, 4.69) is 166 Å². The topological polar surface area (TPSA) is 284 Å². The van der Waals surface area contributed by atoms with Crippen molar-refractivity contribution in [3.63, 3.8) is 0 Å². The molecule has 4 atom stereocenters. The molecular formula is C107H134ClN16O9P. The Labute approximate surface area is 796 Å². The molecule has 7 aromatic carbocycles. The second-order valence-electron chi connectivity index (χ2n) is 33.3. The summed E-state index contributed by atoms with van der Waals surface area (Å²) in [5, 5.41) is 36.6. The molecule has 1 aliphatic heterocycles.